The van der Waals surface area contributed by atoms with E-state index in [0.29, 0.717) is 13.0 Å². The maximum atomic E-state index is 12.5. The van der Waals surface area contributed by atoms with Crippen LogP contribution in [-0.2, 0) is 21.2 Å². The van der Waals surface area contributed by atoms with Crippen LogP contribution in [0.1, 0.15) is 24.5 Å². The topological polar surface area (TPSA) is 110 Å². The quantitative estimate of drug-likeness (QED) is 0.382. The van der Waals surface area contributed by atoms with Crippen LogP contribution in [0.25, 0.3) is 0 Å². The van der Waals surface area contributed by atoms with Gasteiger partial charge < -0.3 is 5.32 Å². The molecule has 9 heteroatoms. The fraction of sp³-hybridized carbons (Fsp3) is 0.350. The lowest BCUT2D eigenvalue weighted by molar-refractivity contribution is -0.384. The number of nitro benzene ring substituents is 1. The van der Waals surface area contributed by atoms with E-state index >= 15 is 0 Å². The summed E-state index contributed by atoms with van der Waals surface area (Å²) in [6, 6.07) is 12.3. The van der Waals surface area contributed by atoms with Crippen molar-refractivity contribution in [1.29, 1.82) is 0 Å². The van der Waals surface area contributed by atoms with Gasteiger partial charge in [-0.25, -0.2) is 8.42 Å². The van der Waals surface area contributed by atoms with Gasteiger partial charge >= 0.3 is 0 Å². The van der Waals surface area contributed by atoms with Crippen molar-refractivity contribution in [1.82, 2.24) is 5.32 Å². The van der Waals surface area contributed by atoms with E-state index in [-0.39, 0.29) is 11.4 Å². The largest absolute Gasteiger partial charge is 0.354 e. The molecule has 29 heavy (non-hydrogen) atoms. The molecule has 0 radical (unpaired) electrons. The highest BCUT2D eigenvalue weighted by Crippen LogP contribution is 2.25. The van der Waals surface area contributed by atoms with E-state index in [1.54, 1.807) is 0 Å². The van der Waals surface area contributed by atoms with Gasteiger partial charge in [0.2, 0.25) is 15.9 Å². The van der Waals surface area contributed by atoms with Crippen LogP contribution in [0.15, 0.2) is 48.5 Å². The first-order valence-electron chi connectivity index (χ1n) is 9.16. The number of non-ortho nitro benzene ring substituents is 1. The van der Waals surface area contributed by atoms with Gasteiger partial charge in [-0.15, -0.1) is 0 Å². The second-order valence-corrected chi connectivity index (χ2v) is 8.75. The summed E-state index contributed by atoms with van der Waals surface area (Å²) < 4.78 is 25.5. The van der Waals surface area contributed by atoms with Crippen molar-refractivity contribution in [3.05, 3.63) is 69.8 Å². The van der Waals surface area contributed by atoms with Crippen LogP contribution in [0.3, 0.4) is 0 Å². The number of aryl methyl sites for hydroxylation is 2. The highest BCUT2D eigenvalue weighted by molar-refractivity contribution is 7.92. The number of anilines is 1. The van der Waals surface area contributed by atoms with Gasteiger partial charge in [0.05, 0.1) is 16.9 Å². The number of nitro groups is 1. The van der Waals surface area contributed by atoms with Gasteiger partial charge in [-0.3, -0.25) is 19.2 Å². The summed E-state index contributed by atoms with van der Waals surface area (Å²) in [5.74, 6) is -0.467. The number of nitrogens with zero attached hydrogens (tertiary/aromatic N) is 2. The minimum Gasteiger partial charge on any atom is -0.354 e. The number of carbonyl (C=O) groups is 1. The van der Waals surface area contributed by atoms with Crippen LogP contribution < -0.4 is 9.62 Å². The third-order valence-electron chi connectivity index (χ3n) is 4.45. The molecular formula is C20H25N3O5S. The molecule has 0 saturated carbocycles. The van der Waals surface area contributed by atoms with E-state index in [4.69, 9.17) is 0 Å². The second-order valence-electron chi connectivity index (χ2n) is 6.89. The zero-order valence-electron chi connectivity index (χ0n) is 16.7. The number of rotatable bonds is 9. The van der Waals surface area contributed by atoms with Crippen LogP contribution in [0, 0.1) is 17.0 Å². The average Bonchev–Trinajstić information content (AvgIpc) is 2.65. The number of carbonyl (C=O) groups excluding carboxylic acids is 1. The van der Waals surface area contributed by atoms with E-state index < -0.39 is 26.9 Å². The molecule has 0 fully saturated rings. The SMILES string of the molecule is Cc1ccc(CCCNC(=O)C(C)N(c2cccc([N+](=O)[O-])c2)S(C)(=O)=O)cc1. The first-order chi connectivity index (χ1) is 13.6. The van der Waals surface area contributed by atoms with E-state index in [1.165, 1.54) is 30.7 Å². The molecule has 0 aliphatic heterocycles. The molecule has 1 unspecified atom stereocenters. The summed E-state index contributed by atoms with van der Waals surface area (Å²) in [6.07, 6.45) is 2.46. The standard InChI is InChI=1S/C20H25N3O5S/c1-15-9-11-17(12-10-15)6-5-13-21-20(24)16(2)22(29(3,27)28)18-7-4-8-19(14-18)23(25)26/h4,7-12,14,16H,5-6,13H2,1-3H3,(H,21,24). The molecular weight excluding hydrogens is 394 g/mol. The summed E-state index contributed by atoms with van der Waals surface area (Å²) in [5.41, 5.74) is 2.16. The highest BCUT2D eigenvalue weighted by atomic mass is 32.2. The van der Waals surface area contributed by atoms with Crippen molar-refractivity contribution < 1.29 is 18.1 Å². The Bertz CT molecular complexity index is 974. The molecule has 0 spiro atoms. The Hall–Kier alpha value is -2.94. The Morgan fingerprint density at radius 3 is 2.45 bits per heavy atom. The van der Waals surface area contributed by atoms with Gasteiger partial charge in [-0.2, -0.15) is 0 Å². The molecule has 2 aromatic rings. The Labute approximate surface area is 170 Å². The lowest BCUT2D eigenvalue weighted by atomic mass is 10.1. The molecule has 2 aromatic carbocycles. The van der Waals surface area contributed by atoms with E-state index in [9.17, 15) is 23.3 Å². The Kier molecular flexibility index (Phi) is 7.33. The predicted octanol–water partition coefficient (Wildman–Crippen LogP) is 2.81. The van der Waals surface area contributed by atoms with Crippen molar-refractivity contribution in [2.75, 3.05) is 17.1 Å². The number of hydrogen-bond acceptors (Lipinski definition) is 5. The summed E-state index contributed by atoms with van der Waals surface area (Å²) in [4.78, 5) is 22.9. The minimum absolute atomic E-state index is 0.0732. The zero-order chi connectivity index (χ0) is 21.6. The van der Waals surface area contributed by atoms with Gasteiger partial charge in [0.15, 0.2) is 0 Å². The molecule has 8 nitrogen and oxygen atoms in total. The Balaban J connectivity index is 2.04. The molecule has 0 saturated heterocycles. The van der Waals surface area contributed by atoms with Crippen molar-refractivity contribution in [3.63, 3.8) is 0 Å². The van der Waals surface area contributed by atoms with Crippen molar-refractivity contribution in [2.45, 2.75) is 32.7 Å². The second kappa shape index (κ2) is 9.51. The van der Waals surface area contributed by atoms with Gasteiger partial charge in [-0.05, 0) is 38.3 Å². The van der Waals surface area contributed by atoms with E-state index in [2.05, 4.69) is 5.32 Å². The molecule has 0 bridgehead atoms. The van der Waals surface area contributed by atoms with Gasteiger partial charge in [0.25, 0.3) is 5.69 Å². The van der Waals surface area contributed by atoms with Crippen LogP contribution in [0.4, 0.5) is 11.4 Å². The smallest absolute Gasteiger partial charge is 0.271 e. The monoisotopic (exact) mass is 419 g/mol. The lowest BCUT2D eigenvalue weighted by Crippen LogP contribution is -2.48. The summed E-state index contributed by atoms with van der Waals surface area (Å²) in [6.45, 7) is 3.86. The van der Waals surface area contributed by atoms with E-state index in [0.717, 1.165) is 28.6 Å². The number of amides is 1. The molecule has 0 heterocycles. The minimum atomic E-state index is -3.83. The van der Waals surface area contributed by atoms with Gasteiger partial charge in [0, 0.05) is 18.7 Å². The lowest BCUT2D eigenvalue weighted by Gasteiger charge is -2.28. The Morgan fingerprint density at radius 2 is 1.86 bits per heavy atom. The normalized spacial score (nSPS) is 12.2. The molecule has 1 N–H and O–H groups in total. The molecule has 1 atom stereocenters. The zero-order valence-corrected chi connectivity index (χ0v) is 17.5. The van der Waals surface area contributed by atoms with Crippen LogP contribution in [-0.4, -0.2) is 38.1 Å². The van der Waals surface area contributed by atoms with Crippen LogP contribution in [0.2, 0.25) is 0 Å². The van der Waals surface area contributed by atoms with Crippen molar-refractivity contribution in [2.24, 2.45) is 0 Å². The predicted molar refractivity (Wildman–Crippen MR) is 112 cm³/mol. The van der Waals surface area contributed by atoms with Crippen LogP contribution in [0.5, 0.6) is 0 Å². The average molecular weight is 420 g/mol. The molecule has 2 rings (SSSR count). The third-order valence-corrected chi connectivity index (χ3v) is 5.69. The van der Waals surface area contributed by atoms with Gasteiger partial charge in [-0.1, -0.05) is 35.9 Å². The number of sulfonamides is 1. The van der Waals surface area contributed by atoms with E-state index in [1.807, 2.05) is 31.2 Å². The van der Waals surface area contributed by atoms with Crippen molar-refractivity contribution >= 4 is 27.3 Å². The Morgan fingerprint density at radius 1 is 1.21 bits per heavy atom. The number of nitrogens with one attached hydrogen (secondary N) is 1. The number of hydrogen-bond donors (Lipinski definition) is 1. The number of benzene rings is 2. The molecule has 156 valence electrons. The van der Waals surface area contributed by atoms with Crippen molar-refractivity contribution in [3.8, 4) is 0 Å². The third kappa shape index (κ3) is 6.28. The van der Waals surface area contributed by atoms with Crippen LogP contribution >= 0.6 is 0 Å². The summed E-state index contributed by atoms with van der Waals surface area (Å²) >= 11 is 0. The molecule has 1 amide bonds. The first-order valence-corrected chi connectivity index (χ1v) is 11.0. The molecule has 0 aliphatic rings. The summed E-state index contributed by atoms with van der Waals surface area (Å²) in [5, 5.41) is 13.7. The summed E-state index contributed by atoms with van der Waals surface area (Å²) in [7, 11) is -3.83. The highest BCUT2D eigenvalue weighted by Gasteiger charge is 2.29. The fourth-order valence-corrected chi connectivity index (χ4v) is 4.13. The molecule has 0 aliphatic carbocycles. The van der Waals surface area contributed by atoms with Gasteiger partial charge in [0.1, 0.15) is 6.04 Å². The fourth-order valence-electron chi connectivity index (χ4n) is 2.96. The molecule has 0 aromatic heterocycles. The first kappa shape index (κ1) is 22.4. The maximum absolute atomic E-state index is 12.5. The maximum Gasteiger partial charge on any atom is 0.271 e.